The summed E-state index contributed by atoms with van der Waals surface area (Å²) in [5.74, 6) is -0.459. The highest BCUT2D eigenvalue weighted by molar-refractivity contribution is 7.90. The first kappa shape index (κ1) is 22.1. The average molecular weight is 469 g/mol. The second-order valence-corrected chi connectivity index (χ2v) is 12.4. The average Bonchev–Trinajstić information content (AvgIpc) is 2.72. The summed E-state index contributed by atoms with van der Waals surface area (Å²) in [4.78, 5) is 23.7. The fourth-order valence-electron chi connectivity index (χ4n) is 7.26. The fraction of sp³-hybridized carbons (Fsp3) is 0.462. The van der Waals surface area contributed by atoms with Crippen LogP contribution in [0.1, 0.15) is 66.9 Å². The molecule has 6 nitrogen and oxygen atoms in total. The molecule has 0 aromatic heterocycles. The van der Waals surface area contributed by atoms with Crippen LogP contribution in [0.25, 0.3) is 0 Å². The van der Waals surface area contributed by atoms with Gasteiger partial charge in [0.1, 0.15) is 11.3 Å². The van der Waals surface area contributed by atoms with Gasteiger partial charge in [-0.3, -0.25) is 4.79 Å². The second kappa shape index (κ2) is 7.42. The van der Waals surface area contributed by atoms with Gasteiger partial charge in [0.15, 0.2) is 9.84 Å². The van der Waals surface area contributed by atoms with Crippen LogP contribution in [-0.2, 0) is 25.5 Å². The predicted molar refractivity (Wildman–Crippen MR) is 122 cm³/mol. The van der Waals surface area contributed by atoms with Gasteiger partial charge in [-0.05, 0) is 96.6 Å². The number of benzene rings is 2. The van der Waals surface area contributed by atoms with Crippen LogP contribution in [-0.4, -0.2) is 31.7 Å². The van der Waals surface area contributed by atoms with Crippen LogP contribution in [0.15, 0.2) is 47.4 Å². The molecule has 7 heteroatoms. The van der Waals surface area contributed by atoms with Gasteiger partial charge in [0.25, 0.3) is 0 Å². The Balaban J connectivity index is 1.56. The van der Waals surface area contributed by atoms with Gasteiger partial charge in [0.05, 0.1) is 4.90 Å². The third kappa shape index (κ3) is 3.76. The summed E-state index contributed by atoms with van der Waals surface area (Å²) in [6.45, 7) is 1.26. The highest BCUT2D eigenvalue weighted by Crippen LogP contribution is 2.66. The van der Waals surface area contributed by atoms with Gasteiger partial charge >= 0.3 is 11.9 Å². The number of carboxylic acids is 1. The molecule has 2 aromatic carbocycles. The molecule has 4 fully saturated rings. The fourth-order valence-corrected chi connectivity index (χ4v) is 7.90. The Morgan fingerprint density at radius 3 is 2.00 bits per heavy atom. The molecule has 4 aliphatic carbocycles. The molecule has 0 saturated heterocycles. The van der Waals surface area contributed by atoms with Crippen LogP contribution in [0, 0.1) is 11.8 Å². The van der Waals surface area contributed by atoms with Crippen LogP contribution in [0.5, 0.6) is 5.75 Å². The minimum atomic E-state index is -3.25. The van der Waals surface area contributed by atoms with E-state index in [4.69, 9.17) is 4.74 Å². The molecule has 0 aliphatic heterocycles. The van der Waals surface area contributed by atoms with Crippen LogP contribution in [0.3, 0.4) is 0 Å². The SMILES string of the molecule is CC(=O)Oc1ccc(C23CC4CC(CC(c5ccc(S(C)(=O)=O)cc5)(C4)C2)C3)cc1C(=O)O. The lowest BCUT2D eigenvalue weighted by atomic mass is 9.41. The number of carbonyl (C=O) groups is 2. The van der Waals surface area contributed by atoms with Crippen LogP contribution >= 0.6 is 0 Å². The first-order valence-corrected chi connectivity index (χ1v) is 13.3. The van der Waals surface area contributed by atoms with E-state index in [0.717, 1.165) is 37.7 Å². The number of carbonyl (C=O) groups excluding carboxylic acids is 1. The zero-order valence-electron chi connectivity index (χ0n) is 18.8. The molecule has 2 unspecified atom stereocenters. The summed E-state index contributed by atoms with van der Waals surface area (Å²) >= 11 is 0. The second-order valence-electron chi connectivity index (χ2n) is 10.4. The van der Waals surface area contributed by atoms with E-state index in [0.29, 0.717) is 16.7 Å². The number of carboxylic acid groups (broad SMARTS) is 1. The van der Waals surface area contributed by atoms with Gasteiger partial charge in [-0.15, -0.1) is 0 Å². The molecule has 0 amide bonds. The van der Waals surface area contributed by atoms with Crippen molar-refractivity contribution in [3.05, 3.63) is 59.2 Å². The van der Waals surface area contributed by atoms with Crippen LogP contribution < -0.4 is 4.74 Å². The van der Waals surface area contributed by atoms with E-state index in [2.05, 4.69) is 0 Å². The summed E-state index contributed by atoms with van der Waals surface area (Å²) in [6, 6.07) is 12.6. The van der Waals surface area contributed by atoms with Crippen molar-refractivity contribution in [1.29, 1.82) is 0 Å². The number of hydrogen-bond donors (Lipinski definition) is 1. The standard InChI is InChI=1S/C26H28O6S/c1-16(27)32-23-8-5-20(10-22(23)24(28)29)26-13-17-9-18(14-26)12-25(11-17,15-26)19-3-6-21(7-4-19)33(2,30)31/h3-8,10,17-18H,9,11-15H2,1-2H3,(H,28,29). The van der Waals surface area contributed by atoms with Crippen molar-refractivity contribution in [3.8, 4) is 5.75 Å². The molecule has 174 valence electrons. The number of hydrogen-bond acceptors (Lipinski definition) is 5. The molecular weight excluding hydrogens is 440 g/mol. The van der Waals surface area contributed by atoms with Gasteiger partial charge in [0, 0.05) is 13.2 Å². The van der Waals surface area contributed by atoms with Gasteiger partial charge in [-0.25, -0.2) is 13.2 Å². The smallest absolute Gasteiger partial charge is 0.339 e. The first-order chi connectivity index (χ1) is 15.5. The van der Waals surface area contributed by atoms with E-state index in [1.165, 1.54) is 25.2 Å². The number of aromatic carboxylic acids is 1. The van der Waals surface area contributed by atoms with Crippen molar-refractivity contribution in [3.63, 3.8) is 0 Å². The minimum absolute atomic E-state index is 0.0185. The van der Waals surface area contributed by atoms with Gasteiger partial charge in [0.2, 0.25) is 0 Å². The lowest BCUT2D eigenvalue weighted by molar-refractivity contribution is -0.131. The Kier molecular flexibility index (Phi) is 4.98. The Morgan fingerprint density at radius 1 is 0.939 bits per heavy atom. The number of sulfone groups is 1. The first-order valence-electron chi connectivity index (χ1n) is 11.4. The summed E-state index contributed by atoms with van der Waals surface area (Å²) in [7, 11) is -3.25. The highest BCUT2D eigenvalue weighted by atomic mass is 32.2. The Morgan fingerprint density at radius 2 is 1.48 bits per heavy atom. The monoisotopic (exact) mass is 468 g/mol. The van der Waals surface area contributed by atoms with Crippen molar-refractivity contribution in [2.24, 2.45) is 11.8 Å². The van der Waals surface area contributed by atoms with E-state index < -0.39 is 21.8 Å². The molecule has 0 spiro atoms. The predicted octanol–water partition coefficient (Wildman–Crippen LogP) is 4.50. The van der Waals surface area contributed by atoms with Crippen LogP contribution in [0.2, 0.25) is 0 Å². The van der Waals surface area contributed by atoms with E-state index in [1.807, 2.05) is 18.2 Å². The van der Waals surface area contributed by atoms with E-state index >= 15 is 0 Å². The summed E-state index contributed by atoms with van der Waals surface area (Å²) in [5.41, 5.74) is 2.05. The molecule has 0 radical (unpaired) electrons. The van der Waals surface area contributed by atoms with Gasteiger partial charge < -0.3 is 9.84 Å². The van der Waals surface area contributed by atoms with Gasteiger partial charge in [-0.1, -0.05) is 18.2 Å². The maximum Gasteiger partial charge on any atom is 0.339 e. The topological polar surface area (TPSA) is 97.7 Å². The molecule has 2 aromatic rings. The van der Waals surface area contributed by atoms with Crippen molar-refractivity contribution < 1.29 is 27.9 Å². The normalized spacial score (nSPS) is 30.2. The van der Waals surface area contributed by atoms with Crippen molar-refractivity contribution in [1.82, 2.24) is 0 Å². The van der Waals surface area contributed by atoms with Gasteiger partial charge in [-0.2, -0.15) is 0 Å². The van der Waals surface area contributed by atoms with Crippen molar-refractivity contribution >= 4 is 21.8 Å². The van der Waals surface area contributed by atoms with E-state index in [9.17, 15) is 23.1 Å². The molecule has 6 rings (SSSR count). The van der Waals surface area contributed by atoms with E-state index in [-0.39, 0.29) is 22.1 Å². The quantitative estimate of drug-likeness (QED) is 0.512. The molecule has 4 aliphatic rings. The molecule has 2 atom stereocenters. The lowest BCUT2D eigenvalue weighted by Crippen LogP contribution is -2.56. The van der Waals surface area contributed by atoms with Crippen LogP contribution in [0.4, 0.5) is 0 Å². The third-order valence-electron chi connectivity index (χ3n) is 8.03. The van der Waals surface area contributed by atoms with E-state index in [1.54, 1.807) is 24.3 Å². The Hall–Kier alpha value is -2.67. The zero-order chi connectivity index (χ0) is 23.6. The maximum atomic E-state index is 11.9. The number of esters is 1. The summed E-state index contributed by atoms with van der Waals surface area (Å²) in [5, 5.41) is 9.76. The summed E-state index contributed by atoms with van der Waals surface area (Å²) < 4.78 is 29.0. The Labute approximate surface area is 193 Å². The molecule has 4 bridgehead atoms. The van der Waals surface area contributed by atoms with Crippen molar-refractivity contribution in [2.75, 3.05) is 6.26 Å². The molecule has 33 heavy (non-hydrogen) atoms. The summed E-state index contributed by atoms with van der Waals surface area (Å²) in [6.07, 6.45) is 7.56. The third-order valence-corrected chi connectivity index (χ3v) is 9.16. The minimum Gasteiger partial charge on any atom is -0.478 e. The highest BCUT2D eigenvalue weighted by Gasteiger charge is 2.58. The molecular formula is C26H28O6S. The Bertz CT molecular complexity index is 1230. The maximum absolute atomic E-state index is 11.9. The zero-order valence-corrected chi connectivity index (χ0v) is 19.7. The largest absolute Gasteiger partial charge is 0.478 e. The molecule has 1 N–H and O–H groups in total. The molecule has 0 heterocycles. The molecule has 4 saturated carbocycles. The number of rotatable bonds is 5. The van der Waals surface area contributed by atoms with Crippen molar-refractivity contribution in [2.45, 2.75) is 61.2 Å². The number of ether oxygens (including phenoxy) is 1. The lowest BCUT2D eigenvalue weighted by Gasteiger charge is -2.63.